The molecule has 1 rings (SSSR count). The largest absolute Gasteiger partial charge is 0.331 e. The number of hydrogen-bond donors (Lipinski definition) is 0. The highest BCUT2D eigenvalue weighted by Crippen LogP contribution is 2.46. The predicted molar refractivity (Wildman–Crippen MR) is 68.5 cm³/mol. The molecule has 0 aromatic rings. The molecule has 18 heavy (non-hydrogen) atoms. The van der Waals surface area contributed by atoms with E-state index in [1.807, 2.05) is 0 Å². The van der Waals surface area contributed by atoms with Crippen LogP contribution in [0, 0.1) is 22.7 Å². The number of likely N-dealkylation sites (N-methyl/N-ethyl adjacent to an activating group) is 1. The van der Waals surface area contributed by atoms with Crippen molar-refractivity contribution in [2.45, 2.75) is 39.7 Å². The zero-order valence-corrected chi connectivity index (χ0v) is 11.5. The summed E-state index contributed by atoms with van der Waals surface area (Å²) in [5.74, 6) is -0.460. The average molecular weight is 248 g/mol. The fourth-order valence-electron chi connectivity index (χ4n) is 2.03. The van der Waals surface area contributed by atoms with Crippen LogP contribution in [0.4, 0.5) is 0 Å². The van der Waals surface area contributed by atoms with Crippen molar-refractivity contribution in [1.82, 2.24) is 4.90 Å². The molecule has 0 bridgehead atoms. The van der Waals surface area contributed by atoms with Gasteiger partial charge in [0.25, 0.3) is 0 Å². The zero-order valence-electron chi connectivity index (χ0n) is 11.5. The predicted octanol–water partition coefficient (Wildman–Crippen LogP) is 1.92. The minimum atomic E-state index is -0.889. The molecule has 4 nitrogen and oxygen atoms in total. The number of nitriles is 1. The molecule has 0 heterocycles. The van der Waals surface area contributed by atoms with E-state index in [0.29, 0.717) is 18.4 Å². The first kappa shape index (κ1) is 14.4. The normalized spacial score (nSPS) is 17.8. The third kappa shape index (κ3) is 2.45. The first-order chi connectivity index (χ1) is 8.26. The van der Waals surface area contributed by atoms with Crippen LogP contribution in [0.3, 0.4) is 0 Å². The highest BCUT2D eigenvalue weighted by atomic mass is 16.2. The minimum Gasteiger partial charge on any atom is -0.331 e. The summed E-state index contributed by atoms with van der Waals surface area (Å²) in [7, 11) is 1.58. The van der Waals surface area contributed by atoms with Gasteiger partial charge in [-0.15, -0.1) is 0 Å². The van der Waals surface area contributed by atoms with E-state index in [-0.39, 0.29) is 17.6 Å². The molecule has 0 saturated heterocycles. The molecular weight excluding hydrogens is 228 g/mol. The first-order valence-electron chi connectivity index (χ1n) is 6.14. The third-order valence-electron chi connectivity index (χ3n) is 3.39. The van der Waals surface area contributed by atoms with Crippen LogP contribution in [0.25, 0.3) is 0 Å². The summed E-state index contributed by atoms with van der Waals surface area (Å²) in [6, 6.07) is 1.44. The topological polar surface area (TPSA) is 61.2 Å². The second-order valence-electron chi connectivity index (χ2n) is 5.42. The van der Waals surface area contributed by atoms with Crippen molar-refractivity contribution < 1.29 is 9.59 Å². The lowest BCUT2D eigenvalue weighted by molar-refractivity contribution is -0.140. The van der Waals surface area contributed by atoms with E-state index < -0.39 is 11.5 Å². The van der Waals surface area contributed by atoms with Crippen molar-refractivity contribution >= 4 is 11.7 Å². The number of nitrogens with zero attached hydrogens (tertiary/aromatic N) is 2. The van der Waals surface area contributed by atoms with Crippen molar-refractivity contribution in [3.8, 4) is 6.07 Å². The maximum absolute atomic E-state index is 12.2. The van der Waals surface area contributed by atoms with Gasteiger partial charge in [-0.2, -0.15) is 5.26 Å². The van der Waals surface area contributed by atoms with Gasteiger partial charge >= 0.3 is 0 Å². The van der Waals surface area contributed by atoms with E-state index in [1.165, 1.54) is 4.90 Å². The molecule has 0 aliphatic heterocycles. The zero-order chi connectivity index (χ0) is 14.1. The van der Waals surface area contributed by atoms with Gasteiger partial charge in [0.15, 0.2) is 5.78 Å². The third-order valence-corrected chi connectivity index (χ3v) is 3.39. The van der Waals surface area contributed by atoms with Crippen molar-refractivity contribution in [2.24, 2.45) is 11.3 Å². The lowest BCUT2D eigenvalue weighted by Gasteiger charge is -2.30. The molecule has 1 amide bonds. The molecule has 0 aromatic heterocycles. The minimum absolute atomic E-state index is 0.0351. The molecule has 0 spiro atoms. The number of amides is 1. The van der Waals surface area contributed by atoms with E-state index in [9.17, 15) is 9.59 Å². The molecule has 98 valence electrons. The van der Waals surface area contributed by atoms with Gasteiger partial charge in [-0.3, -0.25) is 9.59 Å². The Balaban J connectivity index is 2.95. The molecule has 0 aromatic carbocycles. The van der Waals surface area contributed by atoms with E-state index in [4.69, 9.17) is 5.26 Å². The molecule has 0 unspecified atom stereocenters. The highest BCUT2D eigenvalue weighted by molar-refractivity contribution is 5.96. The number of Topliss-reactive ketones (excluding diaryl/α,β-unsaturated/α-hetero) is 1. The number of hydrogen-bond acceptors (Lipinski definition) is 3. The van der Waals surface area contributed by atoms with Crippen molar-refractivity contribution in [2.75, 3.05) is 7.05 Å². The lowest BCUT2D eigenvalue weighted by atomic mass is 9.94. The summed E-state index contributed by atoms with van der Waals surface area (Å²) >= 11 is 0. The van der Waals surface area contributed by atoms with Gasteiger partial charge in [0, 0.05) is 13.0 Å². The van der Waals surface area contributed by atoms with Gasteiger partial charge in [0.1, 0.15) is 11.5 Å². The quantitative estimate of drug-likeness (QED) is 0.698. The molecule has 1 aliphatic carbocycles. The van der Waals surface area contributed by atoms with Crippen LogP contribution in [0.5, 0.6) is 0 Å². The Hall–Kier alpha value is -1.63. The SMILES string of the molecule is C=C(C)[C@@H](C(=O)C(C)C)N(C)C(=O)C1(C#N)CC1. The first-order valence-corrected chi connectivity index (χ1v) is 6.14. The number of carbonyl (C=O) groups excluding carboxylic acids is 2. The van der Waals surface area contributed by atoms with Crippen LogP contribution < -0.4 is 0 Å². The summed E-state index contributed by atoms with van der Waals surface area (Å²) in [5, 5.41) is 9.04. The smallest absolute Gasteiger partial charge is 0.243 e. The van der Waals surface area contributed by atoms with Crippen molar-refractivity contribution in [3.63, 3.8) is 0 Å². The lowest BCUT2D eigenvalue weighted by Crippen LogP contribution is -2.47. The number of ketones is 1. The van der Waals surface area contributed by atoms with Gasteiger partial charge in [-0.1, -0.05) is 26.0 Å². The maximum atomic E-state index is 12.2. The molecule has 4 heteroatoms. The molecule has 1 fully saturated rings. The molecule has 0 radical (unpaired) electrons. The van der Waals surface area contributed by atoms with E-state index >= 15 is 0 Å². The number of carbonyl (C=O) groups is 2. The van der Waals surface area contributed by atoms with Crippen LogP contribution in [0.1, 0.15) is 33.6 Å². The van der Waals surface area contributed by atoms with Crippen LogP contribution >= 0.6 is 0 Å². The molecule has 1 saturated carbocycles. The van der Waals surface area contributed by atoms with Crippen LogP contribution in [0.15, 0.2) is 12.2 Å². The van der Waals surface area contributed by atoms with E-state index in [0.717, 1.165) is 0 Å². The Morgan fingerprint density at radius 2 is 1.89 bits per heavy atom. The second kappa shape index (κ2) is 4.93. The fraction of sp³-hybridized carbons (Fsp3) is 0.643. The molecule has 1 atom stereocenters. The summed E-state index contributed by atoms with van der Waals surface area (Å²) < 4.78 is 0. The summed E-state index contributed by atoms with van der Waals surface area (Å²) in [6.07, 6.45) is 1.18. The maximum Gasteiger partial charge on any atom is 0.243 e. The van der Waals surface area contributed by atoms with E-state index in [2.05, 4.69) is 12.6 Å². The van der Waals surface area contributed by atoms with Crippen LogP contribution in [-0.2, 0) is 9.59 Å². The fourth-order valence-corrected chi connectivity index (χ4v) is 2.03. The van der Waals surface area contributed by atoms with Crippen LogP contribution in [0.2, 0.25) is 0 Å². The molecular formula is C14H20N2O2. The van der Waals surface area contributed by atoms with Gasteiger partial charge < -0.3 is 4.90 Å². The van der Waals surface area contributed by atoms with Crippen molar-refractivity contribution in [3.05, 3.63) is 12.2 Å². The van der Waals surface area contributed by atoms with Gasteiger partial charge in [0.2, 0.25) is 5.91 Å². The summed E-state index contributed by atoms with van der Waals surface area (Å²) in [6.45, 7) is 9.13. The van der Waals surface area contributed by atoms with E-state index in [1.54, 1.807) is 27.8 Å². The standard InChI is InChI=1S/C14H20N2O2/c1-9(2)11(12(17)10(3)4)16(5)13(18)14(8-15)6-7-14/h10-11H,1,6-7H2,2-5H3/t11-/m0/s1. The van der Waals surface area contributed by atoms with Gasteiger partial charge in [0.05, 0.1) is 6.07 Å². The average Bonchev–Trinajstić information content (AvgIpc) is 3.08. The monoisotopic (exact) mass is 248 g/mol. The highest BCUT2D eigenvalue weighted by Gasteiger charge is 2.53. The Morgan fingerprint density at radius 3 is 2.17 bits per heavy atom. The summed E-state index contributed by atoms with van der Waals surface area (Å²) in [4.78, 5) is 25.8. The Bertz CT molecular complexity index is 428. The van der Waals surface area contributed by atoms with Gasteiger partial charge in [-0.25, -0.2) is 0 Å². The molecule has 0 N–H and O–H groups in total. The van der Waals surface area contributed by atoms with Crippen LogP contribution in [-0.4, -0.2) is 29.7 Å². The Morgan fingerprint density at radius 1 is 1.39 bits per heavy atom. The number of rotatable bonds is 5. The Kier molecular flexibility index (Phi) is 3.95. The summed E-state index contributed by atoms with van der Waals surface area (Å²) in [5.41, 5.74) is -0.252. The second-order valence-corrected chi connectivity index (χ2v) is 5.42. The molecule has 1 aliphatic rings. The van der Waals surface area contributed by atoms with Crippen molar-refractivity contribution in [1.29, 1.82) is 5.26 Å². The Labute approximate surface area is 108 Å². The van der Waals surface area contributed by atoms with Gasteiger partial charge in [-0.05, 0) is 19.8 Å².